The highest BCUT2D eigenvalue weighted by Gasteiger charge is 2.49. The zero-order valence-corrected chi connectivity index (χ0v) is 24.2. The van der Waals surface area contributed by atoms with Crippen molar-refractivity contribution in [2.24, 2.45) is 0 Å². The third-order valence-electron chi connectivity index (χ3n) is 8.56. The quantitative estimate of drug-likeness (QED) is 0.0886. The molecule has 2 aromatic carbocycles. The number of nitrogens with zero attached hydrogens (tertiary/aromatic N) is 2. The van der Waals surface area contributed by atoms with E-state index in [-0.39, 0.29) is 29.9 Å². The molecule has 2 unspecified atom stereocenters. The molecule has 11 nitrogen and oxygen atoms in total. The molecule has 2 heterocycles. The van der Waals surface area contributed by atoms with Crippen molar-refractivity contribution in [3.8, 4) is 0 Å². The second kappa shape index (κ2) is 11.4. The van der Waals surface area contributed by atoms with Gasteiger partial charge < -0.3 is 25.4 Å². The summed E-state index contributed by atoms with van der Waals surface area (Å²) in [5.41, 5.74) is -0.871. The number of anilines is 1. The number of ether oxygens (including phenoxy) is 1. The topological polar surface area (TPSA) is 152 Å². The monoisotopic (exact) mass is 560 g/mol. The molecule has 0 bridgehead atoms. The van der Waals surface area contributed by atoms with Gasteiger partial charge in [-0.25, -0.2) is 4.90 Å². The predicted octanol–water partition coefficient (Wildman–Crippen LogP) is -4.15. The summed E-state index contributed by atoms with van der Waals surface area (Å²) < 4.78 is 5.32. The molecule has 0 saturated carbocycles. The van der Waals surface area contributed by atoms with Gasteiger partial charge in [0.25, 0.3) is 5.91 Å². The molecule has 2 fully saturated rings. The summed E-state index contributed by atoms with van der Waals surface area (Å²) in [6.07, 6.45) is 0.988. The van der Waals surface area contributed by atoms with Crippen molar-refractivity contribution in [3.05, 3.63) is 64.7 Å². The largest absolute Gasteiger partial charge is 0.391 e. The molecule has 0 aromatic heterocycles. The Bertz CT molecular complexity index is 1320. The van der Waals surface area contributed by atoms with Crippen LogP contribution in [0.15, 0.2) is 42.5 Å². The summed E-state index contributed by atoms with van der Waals surface area (Å²) in [6.45, 7) is 1.62. The van der Waals surface area contributed by atoms with E-state index < -0.39 is 28.2 Å². The van der Waals surface area contributed by atoms with E-state index in [2.05, 4.69) is 10.6 Å². The minimum Gasteiger partial charge on any atom is -0.391 e. The van der Waals surface area contributed by atoms with Gasteiger partial charge in [-0.05, 0) is 30.4 Å². The van der Waals surface area contributed by atoms with E-state index in [1.807, 2.05) is 15.7 Å². The molecule has 2 amide bonds. The molecule has 0 aliphatic carbocycles. The molecule has 2 aromatic rings. The fraction of sp³-hybridized carbons (Fsp3) is 0.423. The first-order chi connectivity index (χ1) is 19.1. The third-order valence-corrected chi connectivity index (χ3v) is 8.56. The van der Waals surface area contributed by atoms with Crippen molar-refractivity contribution in [3.63, 3.8) is 0 Å². The Balaban J connectivity index is 1.65. The lowest BCUT2D eigenvalue weighted by atomic mass is 9.57. The highest BCUT2D eigenvalue weighted by molar-refractivity contribution is 6.41. The van der Waals surface area contributed by atoms with Gasteiger partial charge in [0.05, 0.1) is 18.7 Å². The molecule has 15 heteroatoms. The number of amides is 2. The number of aldehydes is 1. The highest BCUT2D eigenvalue weighted by Crippen LogP contribution is 2.38. The number of rotatable bonds is 9. The smallest absolute Gasteiger partial charge is 0.253 e. The maximum absolute atomic E-state index is 12.9. The lowest BCUT2D eigenvalue weighted by Gasteiger charge is -2.49. The van der Waals surface area contributed by atoms with Crippen molar-refractivity contribution in [2.75, 3.05) is 38.7 Å². The molecule has 0 spiro atoms. The number of likely N-dealkylation sites (N-methyl/N-ethyl adjacent to an activating group) is 1. The molecule has 2 aliphatic rings. The van der Waals surface area contributed by atoms with Crippen molar-refractivity contribution < 1.29 is 34.4 Å². The van der Waals surface area contributed by atoms with Crippen LogP contribution < -0.4 is 10.6 Å². The number of nitrogens with one attached hydrogen (secondary N) is 2. The number of hydrogen-bond acceptors (Lipinski definition) is 10. The molecule has 214 valence electrons. The number of carbonyl (C=O) groups is 3. The number of benzene rings is 2. The first-order valence-corrected chi connectivity index (χ1v) is 13.7. The average Bonchev–Trinajstić information content (AvgIpc) is 2.95. The average molecular weight is 560 g/mol. The van der Waals surface area contributed by atoms with Crippen molar-refractivity contribution in [1.82, 2.24) is 15.1 Å². The van der Waals surface area contributed by atoms with Crippen LogP contribution in [0.4, 0.5) is 5.69 Å². The number of imide groups is 1. The van der Waals surface area contributed by atoms with Crippen molar-refractivity contribution in [1.29, 1.82) is 0 Å². The standard InChI is InChI=1S/C26H36B4N4O7/c1-33(23(27)10-9-20(36)31-22(23)37)25(30,38)21-16(15-35)3-2-4-19(21)32-24(28,29)17-5-7-18(8-6-17)26(39,40)34-11-13-41-14-12-34/h2-8,15,32,38-40H,9-14,27-30H2,1H3,(H,31,36,37). The van der Waals surface area contributed by atoms with Gasteiger partial charge >= 0.3 is 0 Å². The van der Waals surface area contributed by atoms with Gasteiger partial charge in [-0.1, -0.05) is 36.4 Å². The Hall–Kier alpha value is -2.93. The first kappa shape index (κ1) is 31.0. The lowest BCUT2D eigenvalue weighted by molar-refractivity contribution is -0.286. The van der Waals surface area contributed by atoms with Gasteiger partial charge in [-0.15, -0.1) is 0 Å². The number of morpholine rings is 1. The van der Waals surface area contributed by atoms with Crippen LogP contribution in [-0.4, -0.2) is 113 Å². The lowest BCUT2D eigenvalue weighted by Crippen LogP contribution is -2.67. The molecule has 2 aliphatic heterocycles. The van der Waals surface area contributed by atoms with E-state index in [0.717, 1.165) is 5.56 Å². The summed E-state index contributed by atoms with van der Waals surface area (Å²) in [5.74, 6) is -3.02. The molecule has 41 heavy (non-hydrogen) atoms. The minimum atomic E-state index is -2.14. The van der Waals surface area contributed by atoms with Gasteiger partial charge in [0.15, 0.2) is 14.1 Å². The van der Waals surface area contributed by atoms with Gasteiger partial charge in [0, 0.05) is 41.9 Å². The predicted molar refractivity (Wildman–Crippen MR) is 163 cm³/mol. The Morgan fingerprint density at radius 3 is 2.24 bits per heavy atom. The van der Waals surface area contributed by atoms with E-state index in [0.29, 0.717) is 43.8 Å². The zero-order valence-electron chi connectivity index (χ0n) is 24.2. The van der Waals surface area contributed by atoms with Gasteiger partial charge in [-0.2, -0.15) is 0 Å². The molecular formula is C26H36B4N4O7. The van der Waals surface area contributed by atoms with Crippen molar-refractivity contribution >= 4 is 55.2 Å². The van der Waals surface area contributed by atoms with Crippen LogP contribution in [0.5, 0.6) is 0 Å². The van der Waals surface area contributed by atoms with Crippen LogP contribution in [0.25, 0.3) is 0 Å². The summed E-state index contributed by atoms with van der Waals surface area (Å²) in [7, 11) is 8.61. The second-order valence-electron chi connectivity index (χ2n) is 11.7. The van der Waals surface area contributed by atoms with E-state index in [9.17, 15) is 29.7 Å². The first-order valence-electron chi connectivity index (χ1n) is 13.7. The van der Waals surface area contributed by atoms with Crippen LogP contribution >= 0.6 is 0 Å². The molecular weight excluding hydrogens is 524 g/mol. The Labute approximate surface area is 243 Å². The number of piperidine rings is 1. The molecule has 5 N–H and O–H groups in total. The van der Waals surface area contributed by atoms with Gasteiger partial charge in [0.2, 0.25) is 11.8 Å². The Kier molecular flexibility index (Phi) is 8.62. The van der Waals surface area contributed by atoms with Crippen LogP contribution in [0, 0.1) is 0 Å². The van der Waals surface area contributed by atoms with E-state index in [1.165, 1.54) is 12.7 Å². The maximum atomic E-state index is 12.9. The van der Waals surface area contributed by atoms with Crippen LogP contribution in [0.1, 0.15) is 39.9 Å². The fourth-order valence-corrected chi connectivity index (χ4v) is 5.64. The summed E-state index contributed by atoms with van der Waals surface area (Å²) in [6, 6.07) is 11.9. The Morgan fingerprint density at radius 2 is 1.66 bits per heavy atom. The van der Waals surface area contributed by atoms with Crippen LogP contribution in [0.2, 0.25) is 0 Å². The molecule has 2 atom stereocenters. The number of hydrogen-bond donors (Lipinski definition) is 5. The number of aliphatic hydroxyl groups is 3. The van der Waals surface area contributed by atoms with Crippen molar-refractivity contribution in [2.45, 2.75) is 35.2 Å². The summed E-state index contributed by atoms with van der Waals surface area (Å²) in [4.78, 5) is 39.9. The maximum Gasteiger partial charge on any atom is 0.253 e. The summed E-state index contributed by atoms with van der Waals surface area (Å²) in [5, 5.41) is 38.7. The second-order valence-corrected chi connectivity index (χ2v) is 11.7. The normalized spacial score (nSPS) is 22.2. The van der Waals surface area contributed by atoms with E-state index in [1.54, 1.807) is 62.3 Å². The summed E-state index contributed by atoms with van der Waals surface area (Å²) >= 11 is 0. The molecule has 0 radical (unpaired) electrons. The SMILES string of the molecule is BC(B)(Nc1cccc(C=O)c1C(B)(O)N(C)C1(B)CCC(=O)NC1=O)c1ccc(C(O)(O)N2CCOCC2)cc1. The van der Waals surface area contributed by atoms with Gasteiger partial charge in [-0.3, -0.25) is 24.6 Å². The zero-order chi connectivity index (χ0) is 30.2. The third kappa shape index (κ3) is 5.88. The minimum absolute atomic E-state index is 0.126. The number of carbonyl (C=O) groups excluding carboxylic acids is 3. The highest BCUT2D eigenvalue weighted by atomic mass is 16.5. The molecule has 4 rings (SSSR count). The van der Waals surface area contributed by atoms with Crippen LogP contribution in [-0.2, 0) is 31.2 Å². The fourth-order valence-electron chi connectivity index (χ4n) is 5.64. The molecule has 2 saturated heterocycles. The van der Waals surface area contributed by atoms with Crippen LogP contribution in [0.3, 0.4) is 0 Å². The van der Waals surface area contributed by atoms with E-state index >= 15 is 0 Å². The Morgan fingerprint density at radius 1 is 1.05 bits per heavy atom. The van der Waals surface area contributed by atoms with Gasteiger partial charge in [0.1, 0.15) is 29.2 Å². The van der Waals surface area contributed by atoms with E-state index in [4.69, 9.17) is 4.74 Å².